The zero-order valence-corrected chi connectivity index (χ0v) is 36.0. The maximum absolute atomic E-state index is 14.5. The van der Waals surface area contributed by atoms with Crippen molar-refractivity contribution in [2.24, 2.45) is 4.99 Å². The van der Waals surface area contributed by atoms with Crippen LogP contribution in [0, 0.1) is 6.92 Å². The molecule has 47 heteroatoms. The Labute approximate surface area is 407 Å². The van der Waals surface area contributed by atoms with Crippen molar-refractivity contribution >= 4 is 17.7 Å². The van der Waals surface area contributed by atoms with Crippen molar-refractivity contribution in [1.29, 1.82) is 0 Å². The summed E-state index contributed by atoms with van der Waals surface area (Å²) in [7, 11) is 0. The second-order valence-corrected chi connectivity index (χ2v) is 15.9. The Morgan fingerprint density at radius 2 is 0.600 bits per heavy atom. The number of rotatable bonds is 24. The lowest BCUT2D eigenvalue weighted by Gasteiger charge is -2.47. The van der Waals surface area contributed by atoms with Gasteiger partial charge in [-0.25, -0.2) is 4.79 Å². The summed E-state index contributed by atoms with van der Waals surface area (Å²) in [4.78, 5) is 25.7. The van der Waals surface area contributed by atoms with E-state index in [-0.39, 0.29) is 12.5 Å². The molecule has 0 saturated carbocycles. The van der Waals surface area contributed by atoms with Crippen molar-refractivity contribution in [3.8, 4) is 0 Å². The second kappa shape index (κ2) is 19.3. The number of carbonyl (C=O) groups excluding carboxylic acids is 2. The lowest BCUT2D eigenvalue weighted by molar-refractivity contribution is -0.496. The summed E-state index contributed by atoms with van der Waals surface area (Å²) in [6.07, 6.45) is -11.2. The van der Waals surface area contributed by atoms with E-state index in [1.807, 2.05) is 0 Å². The predicted molar refractivity (Wildman–Crippen MR) is 166 cm³/mol. The predicted octanol–water partition coefficient (Wildman–Crippen LogP) is 15.7. The van der Waals surface area contributed by atoms with Crippen molar-refractivity contribution in [2.75, 3.05) is 0 Å². The molecule has 0 heterocycles. The molecule has 0 spiro atoms. The molecule has 1 unspecified atom stereocenters. The van der Waals surface area contributed by atoms with Gasteiger partial charge in [-0.1, -0.05) is 6.07 Å². The van der Waals surface area contributed by atoms with Gasteiger partial charge in [-0.3, -0.25) is 4.79 Å². The summed E-state index contributed by atoms with van der Waals surface area (Å²) in [6.45, 7) is 1.04. The van der Waals surface area contributed by atoms with Crippen molar-refractivity contribution in [3.05, 3.63) is 29.3 Å². The van der Waals surface area contributed by atoms with E-state index in [9.17, 15) is 198 Å². The van der Waals surface area contributed by atoms with Crippen molar-refractivity contribution in [1.82, 2.24) is 5.32 Å². The molecule has 1 aromatic carbocycles. The summed E-state index contributed by atoms with van der Waals surface area (Å²) in [6, 6.07) is -1.07. The van der Waals surface area contributed by atoms with E-state index in [1.165, 1.54) is 0 Å². The third-order valence-corrected chi connectivity index (χ3v) is 10.5. The topological polar surface area (TPSA) is 58.5 Å². The highest BCUT2D eigenvalue weighted by Gasteiger charge is 3.03. The first-order valence-electron chi connectivity index (χ1n) is 18.3. The van der Waals surface area contributed by atoms with Gasteiger partial charge in [0.15, 0.2) is 0 Å². The molecule has 0 aromatic heterocycles. The Morgan fingerprint density at radius 3 is 0.812 bits per heavy atom. The first-order chi connectivity index (χ1) is 34.2. The normalized spacial score (nSPS) is 16.6. The fourth-order valence-corrected chi connectivity index (χ4v) is 5.55. The van der Waals surface area contributed by atoms with Crippen molar-refractivity contribution < 1.29 is 198 Å². The van der Waals surface area contributed by atoms with E-state index in [4.69, 9.17) is 0 Å². The minimum atomic E-state index is -10.7. The average Bonchev–Trinajstić information content (AvgIpc) is 3.25. The number of hydrogen-bond donors (Lipinski definition) is 1. The Balaban J connectivity index is 4.04. The van der Waals surface area contributed by atoms with Crippen LogP contribution in [0.4, 0.5) is 194 Å². The maximum Gasteiger partial charge on any atom is 0.460 e. The lowest BCUT2D eigenvalue weighted by Crippen LogP contribution is -2.80. The molecule has 468 valence electrons. The van der Waals surface area contributed by atoms with Crippen LogP contribution in [0.5, 0.6) is 0 Å². The van der Waals surface area contributed by atoms with E-state index in [0.29, 0.717) is 12.1 Å². The number of nitrogens with zero attached hydrogens (tertiary/aromatic N) is 1. The average molecular weight is 1290 g/mol. The van der Waals surface area contributed by atoms with Gasteiger partial charge < -0.3 is 5.32 Å². The van der Waals surface area contributed by atoms with Crippen LogP contribution in [0.3, 0.4) is 0 Å². The number of carbonyl (C=O) groups is 1. The van der Waals surface area contributed by atoms with Crippen LogP contribution in [-0.2, 0) is 4.79 Å². The number of benzene rings is 1. The number of halogens is 43. The Kier molecular flexibility index (Phi) is 17.6. The summed E-state index contributed by atoms with van der Waals surface area (Å²) in [5.74, 6) is -203. The van der Waals surface area contributed by atoms with Gasteiger partial charge in [0.25, 0.3) is 5.91 Å². The molecule has 1 atom stereocenters. The molecule has 0 bridgehead atoms. The summed E-state index contributed by atoms with van der Waals surface area (Å²) in [5.41, 5.74) is -1.50. The van der Waals surface area contributed by atoms with Gasteiger partial charge in [0.1, 0.15) is 0 Å². The molecular formula is C33H13F43N2O2. The minimum Gasteiger partial charge on any atom is -0.349 e. The zero-order valence-electron chi connectivity index (χ0n) is 36.0. The molecule has 1 rings (SSSR count). The molecule has 0 aliphatic rings. The van der Waals surface area contributed by atoms with Crippen LogP contribution in [-0.4, -0.2) is 143 Å². The standard InChI is InChI=1S/C33H13F43N2O2/c1-8-3-4-10(5-11(8)77-7-79)12(80)78-9(2)6-13(34,35)14(36,37)15(38,39)16(40,41)17(42,43)18(44,45)19(46,47)20(48,49)21(50,51)22(52,53)23(54,55)24(56,57)25(58,59)26(60,61)27(62,63)28(64,65)29(66,67)30(68,69)31(70,71)32(72,73)33(74,75)76/h3-5,9H,6H2,1-2H3,(H,78,80). The zero-order chi connectivity index (χ0) is 65.3. The largest absolute Gasteiger partial charge is 0.460 e. The monoisotopic (exact) mass is 1290 g/mol. The first kappa shape index (κ1) is 73.1. The number of alkyl halides is 43. The summed E-state index contributed by atoms with van der Waals surface area (Å²) >= 11 is 0. The van der Waals surface area contributed by atoms with Crippen LogP contribution in [0.25, 0.3) is 0 Å². The van der Waals surface area contributed by atoms with Crippen LogP contribution in [0.1, 0.15) is 29.3 Å². The van der Waals surface area contributed by atoms with Gasteiger partial charge in [0.2, 0.25) is 6.08 Å². The van der Waals surface area contributed by atoms with Gasteiger partial charge in [-0.15, -0.1) is 0 Å². The molecule has 0 aliphatic heterocycles. The lowest BCUT2D eigenvalue weighted by atomic mass is 9.81. The Morgan fingerprint density at radius 1 is 0.388 bits per heavy atom. The molecule has 4 nitrogen and oxygen atoms in total. The van der Waals surface area contributed by atoms with E-state index in [0.717, 1.165) is 24.4 Å². The summed E-state index contributed by atoms with van der Waals surface area (Å²) in [5, 5.41) is 1.12. The van der Waals surface area contributed by atoms with Crippen LogP contribution < -0.4 is 5.32 Å². The maximum atomic E-state index is 14.5. The third-order valence-electron chi connectivity index (χ3n) is 10.5. The van der Waals surface area contributed by atoms with Gasteiger partial charge in [-0.2, -0.15) is 194 Å². The number of aliphatic imine (C=N–C) groups is 1. The SMILES string of the molecule is Cc1ccc(C(=O)NC(C)CC(F)(F)C(F)(F)C(F)(F)C(F)(F)C(F)(F)C(F)(F)C(F)(F)C(F)(F)C(F)(F)C(F)(F)C(F)(F)C(F)(F)C(F)(F)C(F)(F)C(F)(F)C(F)(F)C(F)(F)C(F)(F)C(F)(F)C(F)(F)C(F)(F)F)cc1N=C=O. The molecule has 0 radical (unpaired) electrons. The van der Waals surface area contributed by atoms with E-state index in [2.05, 4.69) is 4.99 Å². The first-order valence-corrected chi connectivity index (χ1v) is 18.3. The highest BCUT2D eigenvalue weighted by Crippen LogP contribution is 2.72. The molecule has 1 amide bonds. The van der Waals surface area contributed by atoms with E-state index in [1.54, 1.807) is 0 Å². The van der Waals surface area contributed by atoms with Crippen molar-refractivity contribution in [3.63, 3.8) is 0 Å². The number of amides is 1. The number of isocyanates is 1. The molecular weight excluding hydrogens is 1270 g/mol. The highest BCUT2D eigenvalue weighted by molar-refractivity contribution is 5.95. The molecule has 0 aliphatic carbocycles. The molecule has 1 aromatic rings. The van der Waals surface area contributed by atoms with Gasteiger partial charge in [0.05, 0.1) is 5.69 Å². The smallest absolute Gasteiger partial charge is 0.349 e. The Bertz CT molecular complexity index is 2500. The van der Waals surface area contributed by atoms with Crippen LogP contribution in [0.2, 0.25) is 0 Å². The van der Waals surface area contributed by atoms with Crippen LogP contribution in [0.15, 0.2) is 23.2 Å². The second-order valence-electron chi connectivity index (χ2n) is 15.9. The van der Waals surface area contributed by atoms with Gasteiger partial charge in [0, 0.05) is 18.0 Å². The number of hydrogen-bond acceptors (Lipinski definition) is 3. The van der Waals surface area contributed by atoms with E-state index < -0.39 is 154 Å². The van der Waals surface area contributed by atoms with Gasteiger partial charge in [-0.05, 0) is 31.5 Å². The Hall–Kier alpha value is -4.94. The molecule has 0 saturated heterocycles. The fourth-order valence-electron chi connectivity index (χ4n) is 5.55. The van der Waals surface area contributed by atoms with E-state index >= 15 is 0 Å². The third kappa shape index (κ3) is 9.11. The molecule has 80 heavy (non-hydrogen) atoms. The molecule has 0 fully saturated rings. The number of aryl methyl sites for hydroxylation is 1. The summed E-state index contributed by atoms with van der Waals surface area (Å²) < 4.78 is 601. The van der Waals surface area contributed by atoms with Crippen molar-refractivity contribution in [2.45, 2.75) is 151 Å². The van der Waals surface area contributed by atoms with Gasteiger partial charge >= 0.3 is 125 Å². The fraction of sp³-hybridized carbons (Fsp3) is 0.758. The molecule has 1 N–H and O–H groups in total. The quantitative estimate of drug-likeness (QED) is 0.0637. The van der Waals surface area contributed by atoms with Crippen LogP contribution >= 0.6 is 0 Å². The minimum absolute atomic E-state index is 0.0438. The highest BCUT2D eigenvalue weighted by atomic mass is 19.4. The number of nitrogens with one attached hydrogen (secondary N) is 1.